The quantitative estimate of drug-likeness (QED) is 0.772. The number of carbonyl (C=O) groups excluding carboxylic acids is 1. The third-order valence-corrected chi connectivity index (χ3v) is 2.72. The lowest BCUT2D eigenvalue weighted by Gasteiger charge is -2.26. The third kappa shape index (κ3) is 1.81. The molecule has 1 aromatic carbocycles. The summed E-state index contributed by atoms with van der Waals surface area (Å²) < 4.78 is 0.871. The highest BCUT2D eigenvalue weighted by molar-refractivity contribution is 9.10. The molecule has 74 valence electrons. The standard InChI is InChI=1S/C10H10BrNO2/c11-8-4-1-2-5-9(8)12-10(13)6-3-7-14-12/h1-2,4-5H,3,6-7H2. The normalized spacial score (nSPS) is 17.2. The number of hydrogen-bond acceptors (Lipinski definition) is 2. The molecule has 0 atom stereocenters. The summed E-state index contributed by atoms with van der Waals surface area (Å²) in [4.78, 5) is 16.8. The number of nitrogens with zero attached hydrogens (tertiary/aromatic N) is 1. The van der Waals surface area contributed by atoms with Crippen molar-refractivity contribution < 1.29 is 9.63 Å². The van der Waals surface area contributed by atoms with Crippen molar-refractivity contribution in [3.8, 4) is 0 Å². The molecule has 0 unspecified atom stereocenters. The van der Waals surface area contributed by atoms with E-state index in [0.717, 1.165) is 16.6 Å². The minimum Gasteiger partial charge on any atom is -0.272 e. The van der Waals surface area contributed by atoms with Crippen LogP contribution in [-0.4, -0.2) is 12.5 Å². The van der Waals surface area contributed by atoms with Gasteiger partial charge in [-0.25, -0.2) is 0 Å². The van der Waals surface area contributed by atoms with Gasteiger partial charge < -0.3 is 0 Å². The average molecular weight is 256 g/mol. The first-order valence-electron chi connectivity index (χ1n) is 4.49. The SMILES string of the molecule is O=C1CCCON1c1ccccc1Br. The molecule has 2 rings (SSSR count). The molecule has 14 heavy (non-hydrogen) atoms. The number of halogens is 1. The highest BCUT2D eigenvalue weighted by atomic mass is 79.9. The van der Waals surface area contributed by atoms with E-state index in [0.29, 0.717) is 13.0 Å². The van der Waals surface area contributed by atoms with E-state index in [1.165, 1.54) is 5.06 Å². The fraction of sp³-hybridized carbons (Fsp3) is 0.300. The molecule has 4 heteroatoms. The molecule has 0 saturated carbocycles. The molecule has 0 spiro atoms. The molecular formula is C10H10BrNO2. The van der Waals surface area contributed by atoms with Crippen molar-refractivity contribution in [1.29, 1.82) is 0 Å². The van der Waals surface area contributed by atoms with Crippen molar-refractivity contribution in [2.75, 3.05) is 11.7 Å². The van der Waals surface area contributed by atoms with E-state index in [1.54, 1.807) is 0 Å². The Balaban J connectivity index is 2.29. The van der Waals surface area contributed by atoms with Gasteiger partial charge in [-0.15, -0.1) is 0 Å². The van der Waals surface area contributed by atoms with E-state index >= 15 is 0 Å². The molecule has 1 saturated heterocycles. The Hall–Kier alpha value is -0.870. The predicted octanol–water partition coefficient (Wildman–Crippen LogP) is 2.51. The summed E-state index contributed by atoms with van der Waals surface area (Å²) in [6, 6.07) is 7.53. The molecule has 0 radical (unpaired) electrons. The molecule has 1 aromatic rings. The van der Waals surface area contributed by atoms with Gasteiger partial charge in [0.15, 0.2) is 0 Å². The zero-order valence-electron chi connectivity index (χ0n) is 7.57. The van der Waals surface area contributed by atoms with Crippen LogP contribution in [0, 0.1) is 0 Å². The van der Waals surface area contributed by atoms with Crippen LogP contribution in [0.5, 0.6) is 0 Å². The molecule has 1 heterocycles. The van der Waals surface area contributed by atoms with Gasteiger partial charge in [0.05, 0.1) is 12.3 Å². The van der Waals surface area contributed by atoms with Crippen LogP contribution in [0.2, 0.25) is 0 Å². The number of rotatable bonds is 1. The number of hydrogen-bond donors (Lipinski definition) is 0. The van der Waals surface area contributed by atoms with Crippen molar-refractivity contribution in [3.05, 3.63) is 28.7 Å². The van der Waals surface area contributed by atoms with Crippen molar-refractivity contribution in [2.45, 2.75) is 12.8 Å². The highest BCUT2D eigenvalue weighted by Gasteiger charge is 2.22. The maximum Gasteiger partial charge on any atom is 0.251 e. The fourth-order valence-electron chi connectivity index (χ4n) is 1.37. The second-order valence-corrected chi connectivity index (χ2v) is 3.93. The Kier molecular flexibility index (Phi) is 2.84. The molecule has 1 amide bonds. The van der Waals surface area contributed by atoms with Crippen LogP contribution in [0.4, 0.5) is 5.69 Å². The van der Waals surface area contributed by atoms with E-state index in [2.05, 4.69) is 15.9 Å². The summed E-state index contributed by atoms with van der Waals surface area (Å²) in [6.07, 6.45) is 1.36. The van der Waals surface area contributed by atoms with Crippen molar-refractivity contribution in [2.24, 2.45) is 0 Å². The van der Waals surface area contributed by atoms with Gasteiger partial charge in [-0.2, -0.15) is 5.06 Å². The van der Waals surface area contributed by atoms with E-state index in [-0.39, 0.29) is 5.91 Å². The average Bonchev–Trinajstić information content (AvgIpc) is 2.20. The number of amides is 1. The van der Waals surface area contributed by atoms with E-state index < -0.39 is 0 Å². The number of benzene rings is 1. The van der Waals surface area contributed by atoms with E-state index in [4.69, 9.17) is 4.84 Å². The molecule has 0 aromatic heterocycles. The molecule has 0 bridgehead atoms. The second kappa shape index (κ2) is 4.11. The van der Waals surface area contributed by atoms with Gasteiger partial charge in [0.25, 0.3) is 5.91 Å². The maximum atomic E-state index is 11.5. The summed E-state index contributed by atoms with van der Waals surface area (Å²) in [5.74, 6) is 0.0168. The summed E-state index contributed by atoms with van der Waals surface area (Å²) in [5.41, 5.74) is 0.775. The van der Waals surface area contributed by atoms with E-state index in [1.807, 2.05) is 24.3 Å². The Labute approximate surface area is 90.7 Å². The number of carbonyl (C=O) groups is 1. The molecule has 0 N–H and O–H groups in total. The maximum absolute atomic E-state index is 11.5. The van der Waals surface area contributed by atoms with Gasteiger partial charge in [-0.05, 0) is 34.5 Å². The van der Waals surface area contributed by atoms with Crippen LogP contribution in [0.25, 0.3) is 0 Å². The van der Waals surface area contributed by atoms with Gasteiger partial charge in [-0.3, -0.25) is 9.63 Å². The van der Waals surface area contributed by atoms with Crippen LogP contribution >= 0.6 is 15.9 Å². The first kappa shape index (κ1) is 9.68. The third-order valence-electron chi connectivity index (χ3n) is 2.05. The first-order chi connectivity index (χ1) is 6.79. The zero-order valence-corrected chi connectivity index (χ0v) is 9.16. The van der Waals surface area contributed by atoms with Crippen molar-refractivity contribution >= 4 is 27.5 Å². The summed E-state index contributed by atoms with van der Waals surface area (Å²) in [7, 11) is 0. The van der Waals surface area contributed by atoms with Crippen LogP contribution in [-0.2, 0) is 9.63 Å². The lowest BCUT2D eigenvalue weighted by Crippen LogP contribution is -2.35. The van der Waals surface area contributed by atoms with Crippen LogP contribution < -0.4 is 5.06 Å². The monoisotopic (exact) mass is 255 g/mol. The largest absolute Gasteiger partial charge is 0.272 e. The number of para-hydroxylation sites is 1. The topological polar surface area (TPSA) is 29.5 Å². The second-order valence-electron chi connectivity index (χ2n) is 3.08. The smallest absolute Gasteiger partial charge is 0.251 e. The minimum absolute atomic E-state index is 0.0168. The molecule has 1 aliphatic rings. The molecule has 0 aliphatic carbocycles. The van der Waals surface area contributed by atoms with Crippen molar-refractivity contribution in [3.63, 3.8) is 0 Å². The minimum atomic E-state index is 0.0168. The van der Waals surface area contributed by atoms with Crippen LogP contribution in [0.1, 0.15) is 12.8 Å². The van der Waals surface area contributed by atoms with E-state index in [9.17, 15) is 4.79 Å². The van der Waals surface area contributed by atoms with Gasteiger partial charge in [-0.1, -0.05) is 12.1 Å². The molecular weight excluding hydrogens is 246 g/mol. The number of hydroxylamine groups is 1. The Bertz CT molecular complexity index is 354. The summed E-state index contributed by atoms with van der Waals surface area (Å²) >= 11 is 3.39. The van der Waals surface area contributed by atoms with Gasteiger partial charge in [0.1, 0.15) is 0 Å². The zero-order chi connectivity index (χ0) is 9.97. The fourth-order valence-corrected chi connectivity index (χ4v) is 1.82. The highest BCUT2D eigenvalue weighted by Crippen LogP contribution is 2.28. The first-order valence-corrected chi connectivity index (χ1v) is 5.29. The van der Waals surface area contributed by atoms with Crippen molar-refractivity contribution in [1.82, 2.24) is 0 Å². The van der Waals surface area contributed by atoms with Gasteiger partial charge in [0.2, 0.25) is 0 Å². The molecule has 3 nitrogen and oxygen atoms in total. The Morgan fingerprint density at radius 2 is 2.14 bits per heavy atom. The predicted molar refractivity (Wildman–Crippen MR) is 56.8 cm³/mol. The lowest BCUT2D eigenvalue weighted by atomic mass is 10.2. The summed E-state index contributed by atoms with van der Waals surface area (Å²) in [5, 5.41) is 1.37. The molecule has 1 fully saturated rings. The number of anilines is 1. The van der Waals surface area contributed by atoms with Crippen LogP contribution in [0.3, 0.4) is 0 Å². The molecule has 1 aliphatic heterocycles. The summed E-state index contributed by atoms with van der Waals surface area (Å²) in [6.45, 7) is 0.604. The Morgan fingerprint density at radius 1 is 1.36 bits per heavy atom. The lowest BCUT2D eigenvalue weighted by molar-refractivity contribution is -0.129. The van der Waals surface area contributed by atoms with Gasteiger partial charge in [0, 0.05) is 10.9 Å². The Morgan fingerprint density at radius 3 is 2.86 bits per heavy atom. The van der Waals surface area contributed by atoms with Gasteiger partial charge >= 0.3 is 0 Å². The van der Waals surface area contributed by atoms with Crippen LogP contribution in [0.15, 0.2) is 28.7 Å².